The van der Waals surface area contributed by atoms with Crippen LogP contribution >= 0.6 is 0 Å². The number of nitriles is 1. The summed E-state index contributed by atoms with van der Waals surface area (Å²) in [5, 5.41) is 11.7. The Morgan fingerprint density at radius 2 is 2.08 bits per heavy atom. The first-order valence-corrected chi connectivity index (χ1v) is 8.26. The van der Waals surface area contributed by atoms with Crippen molar-refractivity contribution in [2.75, 3.05) is 25.0 Å². The minimum absolute atomic E-state index is 0.115. The van der Waals surface area contributed by atoms with Gasteiger partial charge in [0.25, 0.3) is 11.5 Å². The number of pyridine rings is 1. The number of anilines is 1. The molecular formula is C18H19N5O2. The third kappa shape index (κ3) is 3.24. The molecule has 3 rings (SSSR count). The lowest BCUT2D eigenvalue weighted by Crippen LogP contribution is -2.33. The number of carbonyl (C=O) groups is 1. The minimum Gasteiger partial charge on any atom is -0.356 e. The predicted octanol–water partition coefficient (Wildman–Crippen LogP) is 1.34. The van der Waals surface area contributed by atoms with Gasteiger partial charge < -0.3 is 10.2 Å². The topological polar surface area (TPSA) is 90.5 Å². The van der Waals surface area contributed by atoms with Crippen molar-refractivity contribution in [2.24, 2.45) is 0 Å². The van der Waals surface area contributed by atoms with Crippen LogP contribution in [-0.2, 0) is 4.79 Å². The van der Waals surface area contributed by atoms with Gasteiger partial charge in [0, 0.05) is 26.3 Å². The molecule has 1 N–H and O–H groups in total. The average molecular weight is 337 g/mol. The fourth-order valence-corrected chi connectivity index (χ4v) is 2.99. The molecule has 0 bridgehead atoms. The molecule has 25 heavy (non-hydrogen) atoms. The van der Waals surface area contributed by atoms with Crippen LogP contribution in [0.4, 0.5) is 5.82 Å². The minimum atomic E-state index is -0.523. The second-order valence-electron chi connectivity index (χ2n) is 5.88. The van der Waals surface area contributed by atoms with Crippen molar-refractivity contribution >= 4 is 23.4 Å². The third-order valence-corrected chi connectivity index (χ3v) is 4.29. The molecule has 7 heteroatoms. The number of nitrogens with zero attached hydrogens (tertiary/aromatic N) is 4. The van der Waals surface area contributed by atoms with Crippen LogP contribution in [-0.4, -0.2) is 35.4 Å². The Bertz CT molecular complexity index is 933. The third-order valence-electron chi connectivity index (χ3n) is 4.29. The highest BCUT2D eigenvalue weighted by atomic mass is 16.1. The summed E-state index contributed by atoms with van der Waals surface area (Å²) in [4.78, 5) is 31.5. The van der Waals surface area contributed by atoms with Gasteiger partial charge in [0.2, 0.25) is 0 Å². The zero-order valence-electron chi connectivity index (χ0n) is 14.0. The summed E-state index contributed by atoms with van der Waals surface area (Å²) >= 11 is 0. The second kappa shape index (κ2) is 7.18. The average Bonchev–Trinajstić information content (AvgIpc) is 2.67. The van der Waals surface area contributed by atoms with Gasteiger partial charge in [0.1, 0.15) is 23.1 Å². The Morgan fingerprint density at radius 1 is 1.32 bits per heavy atom. The SMILES string of the molecule is CNC(=O)/C(C#N)=C/c1c(N2CCCCC2)nc2ccccn2c1=O. The zero-order valence-corrected chi connectivity index (χ0v) is 14.0. The molecule has 1 fully saturated rings. The Morgan fingerprint density at radius 3 is 2.76 bits per heavy atom. The summed E-state index contributed by atoms with van der Waals surface area (Å²) in [6, 6.07) is 7.20. The largest absolute Gasteiger partial charge is 0.356 e. The molecule has 1 aliphatic heterocycles. The number of fused-ring (bicyclic) bond motifs is 1. The van der Waals surface area contributed by atoms with Gasteiger partial charge in [-0.1, -0.05) is 6.07 Å². The maximum absolute atomic E-state index is 13.0. The highest BCUT2D eigenvalue weighted by Gasteiger charge is 2.20. The summed E-state index contributed by atoms with van der Waals surface area (Å²) in [5.74, 6) is 0.0113. The molecule has 128 valence electrons. The van der Waals surface area contributed by atoms with Crippen LogP contribution in [0.25, 0.3) is 11.7 Å². The molecule has 0 unspecified atom stereocenters. The van der Waals surface area contributed by atoms with Crippen molar-refractivity contribution in [1.29, 1.82) is 5.26 Å². The number of piperidine rings is 1. The fraction of sp³-hybridized carbons (Fsp3) is 0.333. The monoisotopic (exact) mass is 337 g/mol. The molecule has 7 nitrogen and oxygen atoms in total. The Balaban J connectivity index is 2.25. The normalized spacial score (nSPS) is 15.0. The number of carbonyl (C=O) groups excluding carboxylic acids is 1. The number of rotatable bonds is 3. The van der Waals surface area contributed by atoms with Crippen molar-refractivity contribution in [1.82, 2.24) is 14.7 Å². The van der Waals surface area contributed by atoms with Gasteiger partial charge in [-0.15, -0.1) is 0 Å². The van der Waals surface area contributed by atoms with Crippen molar-refractivity contribution in [3.8, 4) is 6.07 Å². The number of amides is 1. The van der Waals surface area contributed by atoms with E-state index in [2.05, 4.69) is 15.2 Å². The van der Waals surface area contributed by atoms with Gasteiger partial charge in [0.15, 0.2) is 0 Å². The lowest BCUT2D eigenvalue weighted by atomic mass is 10.1. The van der Waals surface area contributed by atoms with E-state index < -0.39 is 5.91 Å². The van der Waals surface area contributed by atoms with Gasteiger partial charge >= 0.3 is 0 Å². The van der Waals surface area contributed by atoms with Crippen LogP contribution in [0.2, 0.25) is 0 Å². The van der Waals surface area contributed by atoms with Crippen LogP contribution in [0.5, 0.6) is 0 Å². The summed E-state index contributed by atoms with van der Waals surface area (Å²) in [5.41, 5.74) is 0.410. The summed E-state index contributed by atoms with van der Waals surface area (Å²) in [7, 11) is 1.45. The molecule has 2 aromatic rings. The van der Waals surface area contributed by atoms with E-state index in [1.165, 1.54) is 17.5 Å². The molecule has 0 aliphatic carbocycles. The second-order valence-corrected chi connectivity index (χ2v) is 5.88. The lowest BCUT2D eigenvalue weighted by molar-refractivity contribution is -0.116. The van der Waals surface area contributed by atoms with Crippen LogP contribution in [0.3, 0.4) is 0 Å². The Kier molecular flexibility index (Phi) is 4.80. The molecule has 3 heterocycles. The zero-order chi connectivity index (χ0) is 17.8. The molecule has 0 spiro atoms. The number of hydrogen-bond donors (Lipinski definition) is 1. The van der Waals surface area contributed by atoms with Gasteiger partial charge in [0.05, 0.1) is 5.56 Å². The Labute approximate surface area is 145 Å². The molecule has 0 atom stereocenters. The van der Waals surface area contributed by atoms with E-state index in [9.17, 15) is 14.9 Å². The summed E-state index contributed by atoms with van der Waals surface area (Å²) in [6.07, 6.45) is 6.18. The first-order chi connectivity index (χ1) is 12.2. The van der Waals surface area contributed by atoms with Gasteiger partial charge in [-0.25, -0.2) is 4.98 Å². The highest BCUT2D eigenvalue weighted by Crippen LogP contribution is 2.22. The predicted molar refractivity (Wildman–Crippen MR) is 95.2 cm³/mol. The van der Waals surface area contributed by atoms with Crippen LogP contribution < -0.4 is 15.8 Å². The first-order valence-electron chi connectivity index (χ1n) is 8.26. The number of aromatic nitrogens is 2. The quantitative estimate of drug-likeness (QED) is 0.674. The van der Waals surface area contributed by atoms with Crippen LogP contribution in [0, 0.1) is 11.3 Å². The lowest BCUT2D eigenvalue weighted by Gasteiger charge is -2.29. The first kappa shape index (κ1) is 16.7. The number of nitrogens with one attached hydrogen (secondary N) is 1. The number of hydrogen-bond acceptors (Lipinski definition) is 5. The molecule has 2 aromatic heterocycles. The van der Waals surface area contributed by atoms with Gasteiger partial charge in [-0.2, -0.15) is 5.26 Å². The van der Waals surface area contributed by atoms with Crippen molar-refractivity contribution < 1.29 is 4.79 Å². The van der Waals surface area contributed by atoms with Crippen molar-refractivity contribution in [2.45, 2.75) is 19.3 Å². The van der Waals surface area contributed by atoms with E-state index in [0.29, 0.717) is 11.5 Å². The fourth-order valence-electron chi connectivity index (χ4n) is 2.99. The molecule has 1 amide bonds. The van der Waals surface area contributed by atoms with E-state index in [1.807, 2.05) is 12.1 Å². The molecule has 1 saturated heterocycles. The molecule has 0 radical (unpaired) electrons. The van der Waals surface area contributed by atoms with E-state index in [-0.39, 0.29) is 16.7 Å². The maximum Gasteiger partial charge on any atom is 0.267 e. The van der Waals surface area contributed by atoms with Crippen molar-refractivity contribution in [3.05, 3.63) is 45.9 Å². The highest BCUT2D eigenvalue weighted by molar-refractivity contribution is 6.02. The molecule has 0 saturated carbocycles. The Hall–Kier alpha value is -3.14. The van der Waals surface area contributed by atoms with E-state index in [1.54, 1.807) is 18.3 Å². The van der Waals surface area contributed by atoms with E-state index in [0.717, 1.165) is 32.4 Å². The summed E-state index contributed by atoms with van der Waals surface area (Å²) < 4.78 is 1.43. The van der Waals surface area contributed by atoms with Crippen LogP contribution in [0.15, 0.2) is 34.8 Å². The standard InChI is InChI=1S/C18H19N5O2/c1-20-17(24)13(12-19)11-14-16(22-8-4-2-5-9-22)21-15-7-3-6-10-23(15)18(14)25/h3,6-7,10-11H,2,4-5,8-9H2,1H3,(H,20,24)/b13-11+. The van der Waals surface area contributed by atoms with E-state index >= 15 is 0 Å². The molecule has 1 aliphatic rings. The summed E-state index contributed by atoms with van der Waals surface area (Å²) in [6.45, 7) is 1.61. The van der Waals surface area contributed by atoms with Crippen LogP contribution in [0.1, 0.15) is 24.8 Å². The molecule has 0 aromatic carbocycles. The molecular weight excluding hydrogens is 318 g/mol. The van der Waals surface area contributed by atoms with Gasteiger partial charge in [-0.05, 0) is 37.5 Å². The smallest absolute Gasteiger partial charge is 0.267 e. The number of likely N-dealkylation sites (N-methyl/N-ethyl adjacent to an activating group) is 1. The van der Waals surface area contributed by atoms with E-state index in [4.69, 9.17) is 0 Å². The maximum atomic E-state index is 13.0. The van der Waals surface area contributed by atoms with Crippen molar-refractivity contribution in [3.63, 3.8) is 0 Å². The van der Waals surface area contributed by atoms with Gasteiger partial charge in [-0.3, -0.25) is 14.0 Å².